The van der Waals surface area contributed by atoms with E-state index in [0.717, 1.165) is 12.1 Å². The van der Waals surface area contributed by atoms with Gasteiger partial charge >= 0.3 is 0 Å². The van der Waals surface area contributed by atoms with Crippen molar-refractivity contribution in [1.82, 2.24) is 4.98 Å². The van der Waals surface area contributed by atoms with E-state index in [2.05, 4.69) is 15.6 Å². The molecule has 128 valence electrons. The molecule has 2 aromatic heterocycles. The van der Waals surface area contributed by atoms with Gasteiger partial charge in [-0.05, 0) is 30.3 Å². The third-order valence-electron chi connectivity index (χ3n) is 3.33. The largest absolute Gasteiger partial charge is 0.467 e. The minimum absolute atomic E-state index is 0.119. The van der Waals surface area contributed by atoms with E-state index in [-0.39, 0.29) is 5.56 Å². The molecule has 0 fully saturated rings. The van der Waals surface area contributed by atoms with Crippen molar-refractivity contribution < 1.29 is 22.4 Å². The summed E-state index contributed by atoms with van der Waals surface area (Å²) in [6.45, 7) is 0.386. The molecule has 0 aliphatic heterocycles. The number of furan rings is 1. The van der Waals surface area contributed by atoms with E-state index in [9.17, 15) is 18.0 Å². The van der Waals surface area contributed by atoms with Gasteiger partial charge in [-0.25, -0.2) is 13.2 Å². The molecular weight excluding hydrogens is 335 g/mol. The number of rotatable bonds is 5. The number of halogens is 3. The third kappa shape index (κ3) is 3.79. The first kappa shape index (κ1) is 16.6. The second kappa shape index (κ2) is 7.08. The molecule has 5 nitrogen and oxygen atoms in total. The number of nitrogens with one attached hydrogen (secondary N) is 2. The van der Waals surface area contributed by atoms with Gasteiger partial charge in [-0.15, -0.1) is 0 Å². The second-order valence-corrected chi connectivity index (χ2v) is 5.07. The van der Waals surface area contributed by atoms with Crippen LogP contribution in [0, 0.1) is 17.5 Å². The Labute approximate surface area is 140 Å². The molecule has 0 spiro atoms. The second-order valence-electron chi connectivity index (χ2n) is 5.07. The van der Waals surface area contributed by atoms with Crippen molar-refractivity contribution in [2.24, 2.45) is 0 Å². The number of aromatic nitrogens is 1. The maximum Gasteiger partial charge on any atom is 0.257 e. The fourth-order valence-electron chi connectivity index (χ4n) is 2.08. The van der Waals surface area contributed by atoms with Gasteiger partial charge in [-0.1, -0.05) is 0 Å². The Bertz CT molecular complexity index is 898. The molecule has 0 aliphatic carbocycles. The number of benzene rings is 1. The lowest BCUT2D eigenvalue weighted by atomic mass is 10.2. The SMILES string of the molecule is O=C(Nc1ccc(F)c(F)c1F)c1cncc(NCc2ccco2)c1. The molecule has 0 unspecified atom stereocenters. The maximum absolute atomic E-state index is 13.6. The normalized spacial score (nSPS) is 10.5. The zero-order valence-corrected chi connectivity index (χ0v) is 12.7. The minimum atomic E-state index is -1.65. The van der Waals surface area contributed by atoms with Crippen molar-refractivity contribution in [2.75, 3.05) is 10.6 Å². The van der Waals surface area contributed by atoms with Gasteiger partial charge in [0.05, 0.1) is 29.7 Å². The molecule has 2 N–H and O–H groups in total. The van der Waals surface area contributed by atoms with Crippen LogP contribution in [0.3, 0.4) is 0 Å². The fraction of sp³-hybridized carbons (Fsp3) is 0.0588. The number of pyridine rings is 1. The number of nitrogens with zero attached hydrogens (tertiary/aromatic N) is 1. The highest BCUT2D eigenvalue weighted by Crippen LogP contribution is 2.20. The van der Waals surface area contributed by atoms with Crippen LogP contribution in [-0.2, 0) is 6.54 Å². The Hall–Kier alpha value is -3.29. The van der Waals surface area contributed by atoms with Crippen LogP contribution in [0.1, 0.15) is 16.1 Å². The Balaban J connectivity index is 1.72. The van der Waals surface area contributed by atoms with E-state index in [0.29, 0.717) is 18.0 Å². The Morgan fingerprint density at radius 2 is 1.96 bits per heavy atom. The number of hydrogen-bond acceptors (Lipinski definition) is 4. The molecular formula is C17H12F3N3O2. The van der Waals surface area contributed by atoms with Gasteiger partial charge in [0.25, 0.3) is 5.91 Å². The van der Waals surface area contributed by atoms with Gasteiger partial charge < -0.3 is 15.1 Å². The first-order valence-corrected chi connectivity index (χ1v) is 7.21. The Morgan fingerprint density at radius 1 is 1.12 bits per heavy atom. The molecule has 1 aromatic carbocycles. The smallest absolute Gasteiger partial charge is 0.257 e. The number of carbonyl (C=O) groups excluding carboxylic acids is 1. The first-order valence-electron chi connectivity index (χ1n) is 7.21. The summed E-state index contributed by atoms with van der Waals surface area (Å²) in [6.07, 6.45) is 4.30. The van der Waals surface area contributed by atoms with Crippen LogP contribution in [0.4, 0.5) is 24.5 Å². The average molecular weight is 347 g/mol. The summed E-state index contributed by atoms with van der Waals surface area (Å²) in [6, 6.07) is 6.69. The fourth-order valence-corrected chi connectivity index (χ4v) is 2.08. The predicted molar refractivity (Wildman–Crippen MR) is 84.5 cm³/mol. The molecule has 0 bridgehead atoms. The Kier molecular flexibility index (Phi) is 4.69. The van der Waals surface area contributed by atoms with E-state index in [1.807, 2.05) is 0 Å². The number of anilines is 2. The predicted octanol–water partition coefficient (Wildman–Crippen LogP) is 3.96. The summed E-state index contributed by atoms with van der Waals surface area (Å²) in [5.41, 5.74) is 0.196. The maximum atomic E-state index is 13.6. The number of hydrogen-bond donors (Lipinski definition) is 2. The van der Waals surface area contributed by atoms with Crippen molar-refractivity contribution in [3.63, 3.8) is 0 Å². The van der Waals surface area contributed by atoms with E-state index in [1.54, 1.807) is 12.1 Å². The van der Waals surface area contributed by atoms with E-state index >= 15 is 0 Å². The van der Waals surface area contributed by atoms with Crippen molar-refractivity contribution in [3.05, 3.63) is 77.8 Å². The van der Waals surface area contributed by atoms with Gasteiger partial charge in [0.1, 0.15) is 5.76 Å². The van der Waals surface area contributed by atoms with Gasteiger partial charge in [0, 0.05) is 12.4 Å². The molecule has 0 saturated carbocycles. The zero-order chi connectivity index (χ0) is 17.8. The standard InChI is InChI=1S/C17H12F3N3O2/c18-13-3-4-14(16(20)15(13)19)23-17(24)10-6-11(8-21-7-10)22-9-12-2-1-5-25-12/h1-8,22H,9H2,(H,23,24). The molecule has 2 heterocycles. The lowest BCUT2D eigenvalue weighted by Gasteiger charge is -2.09. The van der Waals surface area contributed by atoms with E-state index in [4.69, 9.17) is 4.42 Å². The Morgan fingerprint density at radius 3 is 2.72 bits per heavy atom. The molecule has 3 rings (SSSR count). The van der Waals surface area contributed by atoms with Crippen molar-refractivity contribution in [3.8, 4) is 0 Å². The van der Waals surface area contributed by atoms with Crippen LogP contribution in [0.15, 0.2) is 53.4 Å². The monoisotopic (exact) mass is 347 g/mol. The van der Waals surface area contributed by atoms with Crippen molar-refractivity contribution in [1.29, 1.82) is 0 Å². The van der Waals surface area contributed by atoms with E-state index in [1.165, 1.54) is 24.7 Å². The molecule has 3 aromatic rings. The van der Waals surface area contributed by atoms with Crippen LogP contribution in [0.25, 0.3) is 0 Å². The quantitative estimate of drug-likeness (QED) is 0.686. The van der Waals surface area contributed by atoms with Crippen molar-refractivity contribution in [2.45, 2.75) is 6.54 Å². The summed E-state index contributed by atoms with van der Waals surface area (Å²) in [7, 11) is 0. The molecule has 0 saturated heterocycles. The van der Waals surface area contributed by atoms with Crippen LogP contribution in [-0.4, -0.2) is 10.9 Å². The number of carbonyl (C=O) groups is 1. The topological polar surface area (TPSA) is 67.2 Å². The summed E-state index contributed by atoms with van der Waals surface area (Å²) in [5.74, 6) is -4.46. The third-order valence-corrected chi connectivity index (χ3v) is 3.33. The summed E-state index contributed by atoms with van der Waals surface area (Å²) < 4.78 is 44.9. The lowest BCUT2D eigenvalue weighted by Crippen LogP contribution is -2.14. The van der Waals surface area contributed by atoms with Crippen LogP contribution < -0.4 is 10.6 Å². The van der Waals surface area contributed by atoms with Crippen LogP contribution in [0.2, 0.25) is 0 Å². The van der Waals surface area contributed by atoms with Crippen molar-refractivity contribution >= 4 is 17.3 Å². The van der Waals surface area contributed by atoms with E-state index < -0.39 is 29.0 Å². The molecule has 8 heteroatoms. The molecule has 0 atom stereocenters. The van der Waals surface area contributed by atoms with Gasteiger partial charge in [-0.3, -0.25) is 9.78 Å². The summed E-state index contributed by atoms with van der Waals surface area (Å²) in [4.78, 5) is 16.1. The summed E-state index contributed by atoms with van der Waals surface area (Å²) >= 11 is 0. The minimum Gasteiger partial charge on any atom is -0.467 e. The van der Waals surface area contributed by atoms with Gasteiger partial charge in [0.2, 0.25) is 0 Å². The van der Waals surface area contributed by atoms with Gasteiger partial charge in [0.15, 0.2) is 17.5 Å². The molecule has 0 radical (unpaired) electrons. The number of amides is 1. The highest BCUT2D eigenvalue weighted by atomic mass is 19.2. The van der Waals surface area contributed by atoms with Gasteiger partial charge in [-0.2, -0.15) is 0 Å². The molecule has 0 aliphatic rings. The first-order chi connectivity index (χ1) is 12.0. The highest BCUT2D eigenvalue weighted by molar-refractivity contribution is 6.04. The highest BCUT2D eigenvalue weighted by Gasteiger charge is 2.16. The van der Waals surface area contributed by atoms with Crippen LogP contribution in [0.5, 0.6) is 0 Å². The average Bonchev–Trinajstić information content (AvgIpc) is 3.14. The molecule has 25 heavy (non-hydrogen) atoms. The zero-order valence-electron chi connectivity index (χ0n) is 12.7. The molecule has 1 amide bonds. The lowest BCUT2D eigenvalue weighted by molar-refractivity contribution is 0.102. The summed E-state index contributed by atoms with van der Waals surface area (Å²) in [5, 5.41) is 5.20. The van der Waals surface area contributed by atoms with Crippen LogP contribution >= 0.6 is 0 Å².